The van der Waals surface area contributed by atoms with E-state index in [0.29, 0.717) is 31.1 Å². The average molecular weight is 497 g/mol. The minimum atomic E-state index is -0.380. The van der Waals surface area contributed by atoms with Gasteiger partial charge < -0.3 is 19.9 Å². The molecule has 3 heterocycles. The Morgan fingerprint density at radius 1 is 1.29 bits per heavy atom. The number of likely N-dealkylation sites (tertiary alicyclic amines) is 1. The molecular weight excluding hydrogens is 468 g/mol. The van der Waals surface area contributed by atoms with Crippen LogP contribution in [0.15, 0.2) is 42.5 Å². The van der Waals surface area contributed by atoms with Crippen molar-refractivity contribution in [2.45, 2.75) is 32.2 Å². The number of methoxy groups -OCH3 is 1. The summed E-state index contributed by atoms with van der Waals surface area (Å²) in [5.74, 6) is 0.222. The van der Waals surface area contributed by atoms with Gasteiger partial charge in [0.15, 0.2) is 0 Å². The van der Waals surface area contributed by atoms with Crippen LogP contribution in [0.4, 0.5) is 5.95 Å². The Balaban J connectivity index is 1.73. The first-order valence-corrected chi connectivity index (χ1v) is 11.9. The maximum atomic E-state index is 13.2. The van der Waals surface area contributed by atoms with Gasteiger partial charge in [0, 0.05) is 37.3 Å². The number of anilines is 1. The van der Waals surface area contributed by atoms with Crippen molar-refractivity contribution in [3.05, 3.63) is 58.8 Å². The third-order valence-corrected chi connectivity index (χ3v) is 6.29. The number of aromatic nitrogens is 3. The van der Waals surface area contributed by atoms with Gasteiger partial charge in [-0.05, 0) is 43.9 Å². The van der Waals surface area contributed by atoms with E-state index in [4.69, 9.17) is 27.1 Å². The Morgan fingerprint density at radius 2 is 2.11 bits per heavy atom. The molecule has 2 amide bonds. The first-order valence-electron chi connectivity index (χ1n) is 11.6. The van der Waals surface area contributed by atoms with Crippen LogP contribution in [0.2, 0.25) is 5.15 Å². The number of nitrogens with one attached hydrogen (secondary N) is 1. The Labute approximate surface area is 208 Å². The molecule has 1 aliphatic rings. The smallest absolute Gasteiger partial charge is 0.258 e. The topological polar surface area (TPSA) is 115 Å². The standard InChI is InChI=1S/C25H29ClN6O3/c1-16-7-5-9-19-23(16)32(18-8-3-4-12-31(15-18)22(33)10-6-11-27)25(28-19)30-24(34)17-13-20(26)29-21(14-17)35-2/h5-7,9-10,13-14,18H,3-4,8,11-12,15,27H2,1-2H3,(H,28,30,34)/b10-6+/t18-/m1/s1. The number of benzene rings is 1. The summed E-state index contributed by atoms with van der Waals surface area (Å²) in [6.07, 6.45) is 5.90. The number of hydrogen-bond donors (Lipinski definition) is 2. The monoisotopic (exact) mass is 496 g/mol. The summed E-state index contributed by atoms with van der Waals surface area (Å²) in [4.78, 5) is 36.6. The van der Waals surface area contributed by atoms with E-state index >= 15 is 0 Å². The average Bonchev–Trinajstić information content (AvgIpc) is 3.04. The highest BCUT2D eigenvalue weighted by Crippen LogP contribution is 2.32. The highest BCUT2D eigenvalue weighted by molar-refractivity contribution is 6.30. The van der Waals surface area contributed by atoms with Crippen molar-refractivity contribution in [1.82, 2.24) is 19.4 Å². The highest BCUT2D eigenvalue weighted by Gasteiger charge is 2.27. The number of amides is 2. The van der Waals surface area contributed by atoms with E-state index in [9.17, 15) is 9.59 Å². The fourth-order valence-corrected chi connectivity index (χ4v) is 4.65. The summed E-state index contributed by atoms with van der Waals surface area (Å²) in [5.41, 5.74) is 8.58. The number of fused-ring (bicyclic) bond motifs is 1. The van der Waals surface area contributed by atoms with Crippen LogP contribution < -0.4 is 15.8 Å². The largest absolute Gasteiger partial charge is 0.481 e. The summed E-state index contributed by atoms with van der Waals surface area (Å²) in [6.45, 7) is 3.51. The summed E-state index contributed by atoms with van der Waals surface area (Å²) >= 11 is 6.07. The first-order chi connectivity index (χ1) is 16.9. The zero-order chi connectivity index (χ0) is 24.9. The normalized spacial score (nSPS) is 16.5. The minimum Gasteiger partial charge on any atom is -0.481 e. The summed E-state index contributed by atoms with van der Waals surface area (Å²) in [5, 5.41) is 3.11. The zero-order valence-corrected chi connectivity index (χ0v) is 20.6. The molecule has 3 aromatic rings. The fraction of sp³-hybridized carbons (Fsp3) is 0.360. The number of nitrogens with two attached hydrogens (primary N) is 1. The summed E-state index contributed by atoms with van der Waals surface area (Å²) < 4.78 is 7.20. The van der Waals surface area contributed by atoms with Crippen molar-refractivity contribution >= 4 is 40.4 Å². The van der Waals surface area contributed by atoms with E-state index in [1.165, 1.54) is 25.3 Å². The van der Waals surface area contributed by atoms with Gasteiger partial charge in [-0.15, -0.1) is 0 Å². The van der Waals surface area contributed by atoms with Crippen molar-refractivity contribution in [1.29, 1.82) is 0 Å². The van der Waals surface area contributed by atoms with Gasteiger partial charge in [0.1, 0.15) is 5.15 Å². The fourth-order valence-electron chi connectivity index (χ4n) is 4.45. The number of halogens is 1. The molecule has 1 aliphatic heterocycles. The number of pyridine rings is 1. The molecule has 1 atom stereocenters. The van der Waals surface area contributed by atoms with Gasteiger partial charge in [-0.25, -0.2) is 9.97 Å². The lowest BCUT2D eigenvalue weighted by molar-refractivity contribution is -0.126. The molecule has 184 valence electrons. The first kappa shape index (κ1) is 24.7. The van der Waals surface area contributed by atoms with Crippen molar-refractivity contribution in [2.75, 3.05) is 32.1 Å². The van der Waals surface area contributed by atoms with Crippen LogP contribution in [-0.2, 0) is 4.79 Å². The quantitative estimate of drug-likeness (QED) is 0.397. The molecule has 0 radical (unpaired) electrons. The minimum absolute atomic E-state index is 0.0624. The lowest BCUT2D eigenvalue weighted by Crippen LogP contribution is -2.34. The van der Waals surface area contributed by atoms with Gasteiger partial charge in [0.25, 0.3) is 5.91 Å². The molecule has 0 saturated carbocycles. The summed E-state index contributed by atoms with van der Waals surface area (Å²) in [7, 11) is 1.46. The number of carbonyl (C=O) groups is 2. The van der Waals surface area contributed by atoms with Gasteiger partial charge in [-0.1, -0.05) is 29.8 Å². The maximum absolute atomic E-state index is 13.2. The van der Waals surface area contributed by atoms with Gasteiger partial charge in [0.05, 0.1) is 24.2 Å². The maximum Gasteiger partial charge on any atom is 0.258 e. The molecule has 1 aromatic carbocycles. The van der Waals surface area contributed by atoms with Crippen LogP contribution in [-0.4, -0.2) is 58.0 Å². The van der Waals surface area contributed by atoms with Crippen LogP contribution in [0.25, 0.3) is 11.0 Å². The molecule has 1 fully saturated rings. The van der Waals surface area contributed by atoms with Gasteiger partial charge in [0.2, 0.25) is 17.7 Å². The number of aryl methyl sites for hydroxylation is 1. The number of para-hydroxylation sites is 1. The van der Waals surface area contributed by atoms with Crippen LogP contribution in [0, 0.1) is 6.92 Å². The molecule has 0 bridgehead atoms. The number of carbonyl (C=O) groups excluding carboxylic acids is 2. The van der Waals surface area contributed by atoms with E-state index in [1.807, 2.05) is 30.0 Å². The Kier molecular flexibility index (Phi) is 7.67. The second-order valence-electron chi connectivity index (χ2n) is 8.50. The second kappa shape index (κ2) is 10.9. The molecule has 9 nitrogen and oxygen atoms in total. The van der Waals surface area contributed by atoms with Crippen LogP contribution in [0.3, 0.4) is 0 Å². The molecule has 10 heteroatoms. The van der Waals surface area contributed by atoms with Gasteiger partial charge in [-0.2, -0.15) is 0 Å². The Bertz CT molecular complexity index is 1270. The predicted octanol–water partition coefficient (Wildman–Crippen LogP) is 3.72. The molecule has 0 aliphatic carbocycles. The van der Waals surface area contributed by atoms with E-state index in [-0.39, 0.29) is 28.9 Å². The van der Waals surface area contributed by atoms with Crippen molar-refractivity contribution in [2.24, 2.45) is 5.73 Å². The number of imidazole rings is 1. The Hall–Kier alpha value is -3.43. The van der Waals surface area contributed by atoms with Gasteiger partial charge in [-0.3, -0.25) is 14.9 Å². The lowest BCUT2D eigenvalue weighted by Gasteiger charge is -2.26. The van der Waals surface area contributed by atoms with Crippen molar-refractivity contribution in [3.8, 4) is 5.88 Å². The summed E-state index contributed by atoms with van der Waals surface area (Å²) in [6, 6.07) is 8.81. The molecule has 35 heavy (non-hydrogen) atoms. The zero-order valence-electron chi connectivity index (χ0n) is 19.8. The number of hydrogen-bond acceptors (Lipinski definition) is 6. The second-order valence-corrected chi connectivity index (χ2v) is 8.88. The molecular formula is C25H29ClN6O3. The number of rotatable bonds is 6. The lowest BCUT2D eigenvalue weighted by atomic mass is 10.1. The number of ether oxygens (including phenoxy) is 1. The predicted molar refractivity (Wildman–Crippen MR) is 136 cm³/mol. The molecule has 4 rings (SSSR count). The third kappa shape index (κ3) is 5.47. The highest BCUT2D eigenvalue weighted by atomic mass is 35.5. The SMILES string of the molecule is COc1cc(C(=O)Nc2nc3cccc(C)c3n2[C@@H]2CCCCN(C(=O)/C=C/CN)C2)cc(Cl)n1. The molecule has 2 aromatic heterocycles. The third-order valence-electron chi connectivity index (χ3n) is 6.10. The van der Waals surface area contributed by atoms with E-state index in [0.717, 1.165) is 35.9 Å². The molecule has 0 unspecified atom stereocenters. The van der Waals surface area contributed by atoms with E-state index in [2.05, 4.69) is 14.9 Å². The van der Waals surface area contributed by atoms with Crippen LogP contribution in [0.5, 0.6) is 5.88 Å². The Morgan fingerprint density at radius 3 is 2.89 bits per heavy atom. The van der Waals surface area contributed by atoms with Crippen molar-refractivity contribution < 1.29 is 14.3 Å². The van der Waals surface area contributed by atoms with Crippen molar-refractivity contribution in [3.63, 3.8) is 0 Å². The van der Waals surface area contributed by atoms with Gasteiger partial charge >= 0.3 is 0 Å². The van der Waals surface area contributed by atoms with E-state index in [1.54, 1.807) is 6.08 Å². The molecule has 3 N–H and O–H groups in total. The molecule has 1 saturated heterocycles. The van der Waals surface area contributed by atoms with Crippen LogP contribution in [0.1, 0.15) is 41.2 Å². The number of nitrogens with zero attached hydrogens (tertiary/aromatic N) is 4. The van der Waals surface area contributed by atoms with E-state index < -0.39 is 0 Å². The molecule has 0 spiro atoms. The van der Waals surface area contributed by atoms with Crippen LogP contribution >= 0.6 is 11.6 Å².